The van der Waals surface area contributed by atoms with Gasteiger partial charge in [-0.25, -0.2) is 0 Å². The zero-order valence-electron chi connectivity index (χ0n) is 6.62. The maximum absolute atomic E-state index is 5.77. The van der Waals surface area contributed by atoms with Crippen LogP contribution in [0.5, 0.6) is 0 Å². The smallest absolute Gasteiger partial charge is 0.0394 e. The van der Waals surface area contributed by atoms with E-state index in [9.17, 15) is 0 Å². The minimum atomic E-state index is 0.750. The molecular formula is C10H10N2. The van der Waals surface area contributed by atoms with Gasteiger partial charge in [0, 0.05) is 16.8 Å². The second-order valence-corrected chi connectivity index (χ2v) is 2.83. The number of benzene rings is 2. The lowest BCUT2D eigenvalue weighted by Gasteiger charge is -2.01. The Kier molecular flexibility index (Phi) is 1.40. The number of rotatable bonds is 0. The number of nitrogens with two attached hydrogens (primary N) is 2. The van der Waals surface area contributed by atoms with Crippen molar-refractivity contribution in [2.75, 3.05) is 11.5 Å². The van der Waals surface area contributed by atoms with Gasteiger partial charge in [0.15, 0.2) is 0 Å². The summed E-state index contributed by atoms with van der Waals surface area (Å²) in [5.74, 6) is 0. The molecule has 60 valence electrons. The van der Waals surface area contributed by atoms with E-state index < -0.39 is 0 Å². The van der Waals surface area contributed by atoms with Crippen LogP contribution in [0.1, 0.15) is 0 Å². The monoisotopic (exact) mass is 158 g/mol. The van der Waals surface area contributed by atoms with Crippen molar-refractivity contribution in [3.63, 3.8) is 0 Å². The van der Waals surface area contributed by atoms with Gasteiger partial charge in [-0.05, 0) is 23.6 Å². The Morgan fingerprint density at radius 2 is 1.75 bits per heavy atom. The molecule has 0 heterocycles. The lowest BCUT2D eigenvalue weighted by atomic mass is 10.1. The summed E-state index contributed by atoms with van der Waals surface area (Å²) in [5.41, 5.74) is 12.9. The van der Waals surface area contributed by atoms with E-state index in [-0.39, 0.29) is 0 Å². The normalized spacial score (nSPS) is 10.3. The molecule has 0 unspecified atom stereocenters. The first kappa shape index (κ1) is 6.98. The SMILES string of the molecule is Nc1ccc2cccc(N)c2c1. The van der Waals surface area contributed by atoms with Crippen molar-refractivity contribution < 1.29 is 0 Å². The number of hydrogen-bond donors (Lipinski definition) is 2. The van der Waals surface area contributed by atoms with Crippen LogP contribution in [0.15, 0.2) is 36.4 Å². The Morgan fingerprint density at radius 1 is 0.917 bits per heavy atom. The van der Waals surface area contributed by atoms with Gasteiger partial charge in [0.1, 0.15) is 0 Å². The van der Waals surface area contributed by atoms with Gasteiger partial charge < -0.3 is 11.5 Å². The molecule has 0 radical (unpaired) electrons. The molecule has 2 rings (SSSR count). The molecule has 2 aromatic carbocycles. The highest BCUT2D eigenvalue weighted by Crippen LogP contribution is 2.22. The molecule has 0 saturated heterocycles. The second-order valence-electron chi connectivity index (χ2n) is 2.83. The van der Waals surface area contributed by atoms with Crippen molar-refractivity contribution in [2.45, 2.75) is 0 Å². The molecule has 2 nitrogen and oxygen atoms in total. The van der Waals surface area contributed by atoms with Gasteiger partial charge >= 0.3 is 0 Å². The quantitative estimate of drug-likeness (QED) is 0.576. The van der Waals surface area contributed by atoms with E-state index in [4.69, 9.17) is 11.5 Å². The highest BCUT2D eigenvalue weighted by Gasteiger charge is 1.96. The molecule has 0 aromatic heterocycles. The molecule has 0 aliphatic heterocycles. The molecule has 0 fully saturated rings. The molecule has 0 amide bonds. The maximum Gasteiger partial charge on any atom is 0.0394 e. The lowest BCUT2D eigenvalue weighted by molar-refractivity contribution is 1.71. The summed E-state index contributed by atoms with van der Waals surface area (Å²) in [7, 11) is 0. The van der Waals surface area contributed by atoms with Crippen LogP contribution < -0.4 is 11.5 Å². The fourth-order valence-corrected chi connectivity index (χ4v) is 1.31. The van der Waals surface area contributed by atoms with E-state index in [2.05, 4.69) is 0 Å². The summed E-state index contributed by atoms with van der Waals surface area (Å²) in [6.45, 7) is 0. The van der Waals surface area contributed by atoms with Gasteiger partial charge in [0.25, 0.3) is 0 Å². The molecule has 0 bridgehead atoms. The van der Waals surface area contributed by atoms with Crippen molar-refractivity contribution in [2.24, 2.45) is 0 Å². The fraction of sp³-hybridized carbons (Fsp3) is 0. The minimum Gasteiger partial charge on any atom is -0.399 e. The van der Waals surface area contributed by atoms with Crippen LogP contribution in [-0.2, 0) is 0 Å². The predicted octanol–water partition coefficient (Wildman–Crippen LogP) is 2.00. The zero-order chi connectivity index (χ0) is 8.55. The average Bonchev–Trinajstić information content (AvgIpc) is 2.07. The number of fused-ring (bicyclic) bond motifs is 1. The van der Waals surface area contributed by atoms with E-state index in [0.717, 1.165) is 22.1 Å². The third-order valence-electron chi connectivity index (χ3n) is 1.94. The maximum atomic E-state index is 5.77. The standard InChI is InChI=1S/C10H10N2/c11-8-5-4-7-2-1-3-10(12)9(7)6-8/h1-6H,11-12H2. The van der Waals surface area contributed by atoms with E-state index in [1.807, 2.05) is 36.4 Å². The molecule has 2 aromatic rings. The number of nitrogen functional groups attached to an aromatic ring is 2. The molecule has 0 aliphatic rings. The van der Waals surface area contributed by atoms with Crippen LogP contribution in [0.4, 0.5) is 11.4 Å². The van der Waals surface area contributed by atoms with Crippen LogP contribution in [-0.4, -0.2) is 0 Å². The van der Waals surface area contributed by atoms with Crippen molar-refractivity contribution >= 4 is 22.1 Å². The van der Waals surface area contributed by atoms with Crippen molar-refractivity contribution in [3.8, 4) is 0 Å². The summed E-state index contributed by atoms with van der Waals surface area (Å²) in [6, 6.07) is 11.6. The van der Waals surface area contributed by atoms with Gasteiger partial charge in [0.05, 0.1) is 0 Å². The Morgan fingerprint density at radius 3 is 2.58 bits per heavy atom. The van der Waals surface area contributed by atoms with E-state index in [1.54, 1.807) is 0 Å². The topological polar surface area (TPSA) is 52.0 Å². The van der Waals surface area contributed by atoms with Gasteiger partial charge in [-0.15, -0.1) is 0 Å². The van der Waals surface area contributed by atoms with Crippen molar-refractivity contribution in [1.82, 2.24) is 0 Å². The van der Waals surface area contributed by atoms with Crippen LogP contribution in [0.2, 0.25) is 0 Å². The van der Waals surface area contributed by atoms with Crippen molar-refractivity contribution in [1.29, 1.82) is 0 Å². The van der Waals surface area contributed by atoms with E-state index >= 15 is 0 Å². The average molecular weight is 158 g/mol. The Hall–Kier alpha value is -1.70. The van der Waals surface area contributed by atoms with Crippen LogP contribution in [0, 0.1) is 0 Å². The van der Waals surface area contributed by atoms with E-state index in [1.165, 1.54) is 0 Å². The molecule has 0 atom stereocenters. The third kappa shape index (κ3) is 0.975. The van der Waals surface area contributed by atoms with Crippen molar-refractivity contribution in [3.05, 3.63) is 36.4 Å². The third-order valence-corrected chi connectivity index (χ3v) is 1.94. The van der Waals surface area contributed by atoms with Gasteiger partial charge in [-0.1, -0.05) is 18.2 Å². The lowest BCUT2D eigenvalue weighted by Crippen LogP contribution is -1.88. The number of anilines is 2. The van der Waals surface area contributed by atoms with Crippen LogP contribution >= 0.6 is 0 Å². The molecular weight excluding hydrogens is 148 g/mol. The van der Waals surface area contributed by atoms with E-state index in [0.29, 0.717) is 0 Å². The minimum absolute atomic E-state index is 0.750. The van der Waals surface area contributed by atoms with Gasteiger partial charge in [0.2, 0.25) is 0 Å². The first-order chi connectivity index (χ1) is 5.77. The zero-order valence-corrected chi connectivity index (χ0v) is 6.62. The molecule has 2 heteroatoms. The van der Waals surface area contributed by atoms with Gasteiger partial charge in [-0.2, -0.15) is 0 Å². The largest absolute Gasteiger partial charge is 0.399 e. The Bertz CT molecular complexity index is 421. The predicted molar refractivity (Wildman–Crippen MR) is 52.8 cm³/mol. The molecule has 0 saturated carbocycles. The highest BCUT2D eigenvalue weighted by molar-refractivity contribution is 5.94. The molecule has 4 N–H and O–H groups in total. The highest BCUT2D eigenvalue weighted by atomic mass is 14.6. The molecule has 0 spiro atoms. The summed E-state index contributed by atoms with van der Waals surface area (Å²) in [5, 5.41) is 2.15. The first-order valence-electron chi connectivity index (χ1n) is 3.81. The molecule has 12 heavy (non-hydrogen) atoms. The first-order valence-corrected chi connectivity index (χ1v) is 3.81. The Balaban J connectivity index is 2.88. The Labute approximate surface area is 70.8 Å². The summed E-state index contributed by atoms with van der Waals surface area (Å²) >= 11 is 0. The molecule has 0 aliphatic carbocycles. The summed E-state index contributed by atoms with van der Waals surface area (Å²) in [4.78, 5) is 0. The van der Waals surface area contributed by atoms with Gasteiger partial charge in [-0.3, -0.25) is 0 Å². The van der Waals surface area contributed by atoms with Crippen LogP contribution in [0.25, 0.3) is 10.8 Å². The second kappa shape index (κ2) is 2.41. The summed E-state index contributed by atoms with van der Waals surface area (Å²) < 4.78 is 0. The fourth-order valence-electron chi connectivity index (χ4n) is 1.31. The van der Waals surface area contributed by atoms with Crippen LogP contribution in [0.3, 0.4) is 0 Å². The number of hydrogen-bond acceptors (Lipinski definition) is 2. The summed E-state index contributed by atoms with van der Waals surface area (Å²) in [6.07, 6.45) is 0.